The maximum absolute atomic E-state index is 12.4. The highest BCUT2D eigenvalue weighted by Gasteiger charge is 2.14. The van der Waals surface area contributed by atoms with E-state index in [-0.39, 0.29) is 12.2 Å². The van der Waals surface area contributed by atoms with Crippen molar-refractivity contribution in [1.29, 1.82) is 0 Å². The second-order valence-electron chi connectivity index (χ2n) is 4.42. The summed E-state index contributed by atoms with van der Waals surface area (Å²) in [7, 11) is 0. The quantitative estimate of drug-likeness (QED) is 0.853. The molecule has 96 valence electrons. The molecule has 0 bridgehead atoms. The summed E-state index contributed by atoms with van der Waals surface area (Å²) in [5.41, 5.74) is 2.65. The molecule has 0 atom stereocenters. The fourth-order valence-electron chi connectivity index (χ4n) is 1.92. The first-order valence-corrected chi connectivity index (χ1v) is 5.99. The number of aryl methyl sites for hydroxylation is 1. The Bertz CT molecular complexity index is 612. The van der Waals surface area contributed by atoms with Crippen LogP contribution in [0, 0.1) is 6.92 Å². The number of rotatable bonds is 4. The predicted molar refractivity (Wildman–Crippen MR) is 72.4 cm³/mol. The lowest BCUT2D eigenvalue weighted by molar-refractivity contribution is -0.136. The molecule has 2 aromatic rings. The third-order valence-electron chi connectivity index (χ3n) is 2.92. The van der Waals surface area contributed by atoms with E-state index in [0.717, 1.165) is 5.56 Å². The van der Waals surface area contributed by atoms with Gasteiger partial charge < -0.3 is 5.11 Å². The van der Waals surface area contributed by atoms with Crippen LogP contribution in [0.5, 0.6) is 0 Å². The van der Waals surface area contributed by atoms with Gasteiger partial charge in [0.1, 0.15) is 0 Å². The number of carboxylic acid groups (broad SMARTS) is 1. The van der Waals surface area contributed by atoms with Crippen LogP contribution in [0.4, 0.5) is 0 Å². The van der Waals surface area contributed by atoms with Gasteiger partial charge in [-0.15, -0.1) is 0 Å². The fraction of sp³-hybridized carbons (Fsp3) is 0.125. The molecule has 0 aromatic heterocycles. The summed E-state index contributed by atoms with van der Waals surface area (Å²) >= 11 is 0. The van der Waals surface area contributed by atoms with E-state index in [1.807, 2.05) is 19.1 Å². The Labute approximate surface area is 111 Å². The molecule has 0 amide bonds. The lowest BCUT2D eigenvalue weighted by Gasteiger charge is -2.07. The minimum atomic E-state index is -0.941. The molecule has 0 radical (unpaired) electrons. The molecular weight excluding hydrogens is 240 g/mol. The zero-order chi connectivity index (χ0) is 13.8. The van der Waals surface area contributed by atoms with Crippen LogP contribution in [-0.4, -0.2) is 16.9 Å². The molecule has 0 aliphatic rings. The molecule has 3 nitrogen and oxygen atoms in total. The van der Waals surface area contributed by atoms with Crippen LogP contribution in [0.1, 0.15) is 27.0 Å². The van der Waals surface area contributed by atoms with Crippen molar-refractivity contribution >= 4 is 11.8 Å². The number of hydrogen-bond acceptors (Lipinski definition) is 2. The average molecular weight is 254 g/mol. The Kier molecular flexibility index (Phi) is 3.76. The highest BCUT2D eigenvalue weighted by molar-refractivity contribution is 6.10. The molecular formula is C16H14O3. The van der Waals surface area contributed by atoms with Gasteiger partial charge >= 0.3 is 5.97 Å². The molecule has 0 aliphatic carbocycles. The van der Waals surface area contributed by atoms with E-state index in [1.165, 1.54) is 0 Å². The summed E-state index contributed by atoms with van der Waals surface area (Å²) in [5, 5.41) is 8.87. The standard InChI is InChI=1S/C16H14O3/c1-11-6-8-12(9-7-11)16(19)14-5-3-2-4-13(14)10-15(17)18/h2-9H,10H2,1H3,(H,17,18). The largest absolute Gasteiger partial charge is 0.481 e. The van der Waals surface area contributed by atoms with E-state index in [9.17, 15) is 9.59 Å². The molecule has 0 spiro atoms. The summed E-state index contributed by atoms with van der Waals surface area (Å²) in [6.45, 7) is 1.95. The topological polar surface area (TPSA) is 54.4 Å². The summed E-state index contributed by atoms with van der Waals surface area (Å²) < 4.78 is 0. The Hall–Kier alpha value is -2.42. The van der Waals surface area contributed by atoms with E-state index in [2.05, 4.69) is 0 Å². The highest BCUT2D eigenvalue weighted by Crippen LogP contribution is 2.16. The van der Waals surface area contributed by atoms with Gasteiger partial charge in [-0.1, -0.05) is 54.1 Å². The third kappa shape index (κ3) is 3.07. The number of benzene rings is 2. The Balaban J connectivity index is 2.38. The van der Waals surface area contributed by atoms with Crippen LogP contribution < -0.4 is 0 Å². The van der Waals surface area contributed by atoms with E-state index in [0.29, 0.717) is 16.7 Å². The first-order valence-electron chi connectivity index (χ1n) is 5.99. The van der Waals surface area contributed by atoms with Gasteiger partial charge in [0.25, 0.3) is 0 Å². The summed E-state index contributed by atoms with van der Waals surface area (Å²) in [4.78, 5) is 23.2. The Morgan fingerprint density at radius 2 is 1.63 bits per heavy atom. The molecule has 2 aromatic carbocycles. The summed E-state index contributed by atoms with van der Waals surface area (Å²) in [6.07, 6.45) is -0.145. The van der Waals surface area contributed by atoms with Crippen molar-refractivity contribution in [2.75, 3.05) is 0 Å². The van der Waals surface area contributed by atoms with Gasteiger partial charge in [0.15, 0.2) is 5.78 Å². The average Bonchev–Trinajstić information content (AvgIpc) is 2.39. The summed E-state index contributed by atoms with van der Waals surface area (Å²) in [6, 6.07) is 14.1. The minimum Gasteiger partial charge on any atom is -0.481 e. The number of aliphatic carboxylic acids is 1. The van der Waals surface area contributed by atoms with Crippen molar-refractivity contribution in [3.63, 3.8) is 0 Å². The first kappa shape index (κ1) is 13.0. The second-order valence-corrected chi connectivity index (χ2v) is 4.42. The molecule has 0 aliphatic heterocycles. The maximum atomic E-state index is 12.4. The number of carbonyl (C=O) groups excluding carboxylic acids is 1. The normalized spacial score (nSPS) is 10.2. The zero-order valence-electron chi connectivity index (χ0n) is 10.6. The summed E-state index contributed by atoms with van der Waals surface area (Å²) in [5.74, 6) is -1.08. The number of hydrogen-bond donors (Lipinski definition) is 1. The van der Waals surface area contributed by atoms with Crippen molar-refractivity contribution in [2.24, 2.45) is 0 Å². The zero-order valence-corrected chi connectivity index (χ0v) is 10.6. The monoisotopic (exact) mass is 254 g/mol. The first-order chi connectivity index (χ1) is 9.08. The van der Waals surface area contributed by atoms with Gasteiger partial charge in [-0.2, -0.15) is 0 Å². The lowest BCUT2D eigenvalue weighted by Crippen LogP contribution is -2.09. The molecule has 0 unspecified atom stereocenters. The third-order valence-corrected chi connectivity index (χ3v) is 2.92. The fourth-order valence-corrected chi connectivity index (χ4v) is 1.92. The molecule has 0 saturated heterocycles. The van der Waals surface area contributed by atoms with Crippen molar-refractivity contribution in [3.05, 3.63) is 70.8 Å². The molecule has 0 saturated carbocycles. The Morgan fingerprint density at radius 1 is 1.00 bits per heavy atom. The lowest BCUT2D eigenvalue weighted by atomic mass is 9.96. The van der Waals surface area contributed by atoms with Crippen molar-refractivity contribution < 1.29 is 14.7 Å². The van der Waals surface area contributed by atoms with Crippen LogP contribution >= 0.6 is 0 Å². The van der Waals surface area contributed by atoms with Gasteiger partial charge in [0.2, 0.25) is 0 Å². The van der Waals surface area contributed by atoms with Crippen LogP contribution in [0.25, 0.3) is 0 Å². The smallest absolute Gasteiger partial charge is 0.307 e. The van der Waals surface area contributed by atoms with Crippen molar-refractivity contribution in [3.8, 4) is 0 Å². The van der Waals surface area contributed by atoms with E-state index >= 15 is 0 Å². The van der Waals surface area contributed by atoms with Crippen LogP contribution in [0.3, 0.4) is 0 Å². The molecule has 1 N–H and O–H groups in total. The van der Waals surface area contributed by atoms with Crippen LogP contribution in [-0.2, 0) is 11.2 Å². The van der Waals surface area contributed by atoms with Gasteiger partial charge in [-0.3, -0.25) is 9.59 Å². The van der Waals surface area contributed by atoms with Gasteiger partial charge in [0, 0.05) is 11.1 Å². The van der Waals surface area contributed by atoms with E-state index in [4.69, 9.17) is 5.11 Å². The Morgan fingerprint density at radius 3 is 2.26 bits per heavy atom. The van der Waals surface area contributed by atoms with E-state index < -0.39 is 5.97 Å². The van der Waals surface area contributed by atoms with E-state index in [1.54, 1.807) is 36.4 Å². The van der Waals surface area contributed by atoms with Crippen LogP contribution in [0.2, 0.25) is 0 Å². The second kappa shape index (κ2) is 5.48. The van der Waals surface area contributed by atoms with Gasteiger partial charge in [-0.05, 0) is 12.5 Å². The highest BCUT2D eigenvalue weighted by atomic mass is 16.4. The molecule has 0 fully saturated rings. The maximum Gasteiger partial charge on any atom is 0.307 e. The van der Waals surface area contributed by atoms with Gasteiger partial charge in [0.05, 0.1) is 6.42 Å². The van der Waals surface area contributed by atoms with Crippen LogP contribution in [0.15, 0.2) is 48.5 Å². The number of carboxylic acids is 1. The molecule has 3 heteroatoms. The SMILES string of the molecule is Cc1ccc(C(=O)c2ccccc2CC(=O)O)cc1. The van der Waals surface area contributed by atoms with Crippen molar-refractivity contribution in [1.82, 2.24) is 0 Å². The molecule has 2 rings (SSSR count). The van der Waals surface area contributed by atoms with Gasteiger partial charge in [-0.25, -0.2) is 0 Å². The number of carbonyl (C=O) groups is 2. The molecule has 0 heterocycles. The predicted octanol–water partition coefficient (Wildman–Crippen LogP) is 2.85. The number of ketones is 1. The minimum absolute atomic E-state index is 0.142. The van der Waals surface area contributed by atoms with Crippen molar-refractivity contribution in [2.45, 2.75) is 13.3 Å². The molecule has 19 heavy (non-hydrogen) atoms.